The van der Waals surface area contributed by atoms with Gasteiger partial charge < -0.3 is 139 Å². The van der Waals surface area contributed by atoms with Crippen molar-refractivity contribution < 1.29 is 105 Å². The number of nitrogens with one attached hydrogen (secondary N) is 4. The van der Waals surface area contributed by atoms with E-state index in [-0.39, 0.29) is 67.6 Å². The van der Waals surface area contributed by atoms with Crippen molar-refractivity contribution in [3.05, 3.63) is 85.2 Å². The predicted octanol–water partition coefficient (Wildman–Crippen LogP) is -6.10. The molecule has 120 heavy (non-hydrogen) atoms. The van der Waals surface area contributed by atoms with Crippen molar-refractivity contribution in [2.24, 2.45) is 0 Å². The van der Waals surface area contributed by atoms with Crippen molar-refractivity contribution in [3.8, 4) is 59.2 Å². The quantitative estimate of drug-likeness (QED) is 0.0448. The minimum atomic E-state index is -2.16. The lowest BCUT2D eigenvalue weighted by atomic mass is 9.93. The van der Waals surface area contributed by atoms with E-state index in [2.05, 4.69) is 124 Å². The molecule has 0 saturated carbocycles. The van der Waals surface area contributed by atoms with Crippen LogP contribution in [0.2, 0.25) is 0 Å². The van der Waals surface area contributed by atoms with Crippen LogP contribution in [0.3, 0.4) is 0 Å². The fourth-order valence-electron chi connectivity index (χ4n) is 14.4. The Morgan fingerprint density at radius 1 is 0.442 bits per heavy atom. The lowest BCUT2D eigenvalue weighted by Gasteiger charge is -2.26. The number of hydrogen-bond acceptors (Lipinski definition) is 38. The fraction of sp³-hybridized carbons (Fsp3) is 0.486. The molecule has 640 valence electrons. The molecule has 25 atom stereocenters. The van der Waals surface area contributed by atoms with Crippen LogP contribution in [0.4, 0.5) is 34.1 Å². The van der Waals surface area contributed by atoms with E-state index in [1.807, 2.05) is 0 Å². The number of nitrogen functional groups attached to an aromatic ring is 5. The number of hydrogen-bond donors (Lipinski definition) is 24. The number of anilines is 5. The highest BCUT2D eigenvalue weighted by atomic mass is 32.1. The Morgan fingerprint density at radius 2 is 0.792 bits per heavy atom. The summed E-state index contributed by atoms with van der Waals surface area (Å²) in [5.74, 6) is 24.1. The van der Waals surface area contributed by atoms with Crippen LogP contribution < -0.4 is 45.3 Å². The molecule has 0 spiro atoms. The van der Waals surface area contributed by atoms with Gasteiger partial charge in [-0.3, -0.25) is 47.6 Å². The van der Waals surface area contributed by atoms with E-state index >= 15 is 0 Å². The van der Waals surface area contributed by atoms with E-state index in [0.717, 1.165) is 10.8 Å². The van der Waals surface area contributed by atoms with Gasteiger partial charge >= 0.3 is 0 Å². The third kappa shape index (κ3) is 15.8. The van der Waals surface area contributed by atoms with Gasteiger partial charge in [0.15, 0.2) is 104 Å². The number of aliphatic hydroxyl groups is 15. The Hall–Kier alpha value is -11.6. The predicted molar refractivity (Wildman–Crippen MR) is 419 cm³/mol. The lowest BCUT2D eigenvalue weighted by Crippen LogP contribution is -2.47. The van der Waals surface area contributed by atoms with Crippen molar-refractivity contribution in [1.29, 1.82) is 0 Å². The summed E-state index contributed by atoms with van der Waals surface area (Å²) in [4.78, 5) is 81.4. The summed E-state index contributed by atoms with van der Waals surface area (Å²) in [6.45, 7) is 14.6. The first-order valence-corrected chi connectivity index (χ1v) is 36.6. The van der Waals surface area contributed by atoms with Gasteiger partial charge in [-0.05, 0) is 75.3 Å². The minimum absolute atomic E-state index is 0.00501. The van der Waals surface area contributed by atoms with Crippen LogP contribution in [0.5, 0.6) is 0 Å². The van der Waals surface area contributed by atoms with Crippen LogP contribution in [-0.2, 0) is 23.7 Å². The van der Waals surface area contributed by atoms with Gasteiger partial charge in [0.2, 0.25) is 23.8 Å². The van der Waals surface area contributed by atoms with E-state index in [4.69, 9.17) is 64.6 Å². The normalized spacial score (nSPS) is 31.0. The molecule has 5 aliphatic heterocycles. The first-order chi connectivity index (χ1) is 56.5. The second-order valence-electron chi connectivity index (χ2n) is 28.3. The molecule has 5 unspecified atom stereocenters. The number of rotatable bonds is 10. The third-order valence-corrected chi connectivity index (χ3v) is 20.2. The average molecular weight is 1690 g/mol. The monoisotopic (exact) mass is 1690 g/mol. The molecule has 0 aromatic carbocycles. The van der Waals surface area contributed by atoms with Crippen LogP contribution in [0, 0.1) is 69.7 Å². The maximum Gasteiger partial charge on any atom is 0.280 e. The molecule has 0 aliphatic carbocycles. The summed E-state index contributed by atoms with van der Waals surface area (Å²) in [5.41, 5.74) is 17.7. The van der Waals surface area contributed by atoms with Crippen LogP contribution >= 0.6 is 12.2 Å². The van der Waals surface area contributed by atoms with Gasteiger partial charge in [-0.15, -0.1) is 29.6 Å². The van der Waals surface area contributed by atoms with Crippen molar-refractivity contribution in [3.63, 3.8) is 0 Å². The molecule has 15 heterocycles. The number of nitrogens with two attached hydrogens (primary N) is 5. The van der Waals surface area contributed by atoms with E-state index in [0.29, 0.717) is 22.3 Å². The largest absolute Gasteiger partial charge is 0.391 e. The van der Waals surface area contributed by atoms with Crippen LogP contribution in [0.15, 0.2) is 58.0 Å². The summed E-state index contributed by atoms with van der Waals surface area (Å²) >= 11 is 5.12. The fourth-order valence-corrected chi connectivity index (χ4v) is 14.6. The van der Waals surface area contributed by atoms with E-state index in [1.54, 1.807) is 0 Å². The van der Waals surface area contributed by atoms with Gasteiger partial charge in [0.25, 0.3) is 16.7 Å². The Bertz CT molecular complexity index is 5770. The van der Waals surface area contributed by atoms with Gasteiger partial charge in [0, 0.05) is 12.4 Å². The zero-order valence-corrected chi connectivity index (χ0v) is 65.8. The molecule has 29 N–H and O–H groups in total. The molecule has 5 saturated heterocycles. The Morgan fingerprint density at radius 3 is 1.23 bits per heavy atom. The lowest BCUT2D eigenvalue weighted by molar-refractivity contribution is -0.0847. The highest BCUT2D eigenvalue weighted by Gasteiger charge is 2.62. The number of ether oxygens (including phenoxy) is 5. The summed E-state index contributed by atoms with van der Waals surface area (Å²) in [6, 6.07) is 1.49. The second-order valence-corrected chi connectivity index (χ2v) is 28.7. The molecule has 5 fully saturated rings. The Labute approximate surface area is 680 Å². The number of aromatic amines is 4. The maximum atomic E-state index is 14.2. The van der Waals surface area contributed by atoms with Gasteiger partial charge in [0.05, 0.1) is 61.1 Å². The smallest absolute Gasteiger partial charge is 0.280 e. The van der Waals surface area contributed by atoms with Gasteiger partial charge in [-0.25, -0.2) is 29.3 Å². The number of halogens is 1. The maximum absolute atomic E-state index is 14.2. The van der Waals surface area contributed by atoms with Gasteiger partial charge in [-0.1, -0.05) is 41.8 Å². The zero-order chi connectivity index (χ0) is 88.2. The summed E-state index contributed by atoms with van der Waals surface area (Å²) in [6.07, 6.45) is -16.2. The van der Waals surface area contributed by atoms with Gasteiger partial charge in [-0.2, -0.15) is 19.9 Å². The number of aliphatic hydroxyl groups excluding tert-OH is 10. The molecule has 10 aromatic rings. The average Bonchev–Trinajstić information content (AvgIpc) is 1.61. The third-order valence-electron chi connectivity index (χ3n) is 19.9. The van der Waals surface area contributed by atoms with Crippen molar-refractivity contribution >= 4 is 97.5 Å². The number of imidazole rings is 3. The SMILES string of the molecule is CC#CC1(O)[C@@H](O)[C@@H]([C@@H](C)O)O[C@H]1n1cc(F)c2c(=O)[nH]c(N)nc21.CC#CC1(O)[C@@H](O)[C@@H]([C@@H](C)O)O[C@H]1n1ccc2c(=O)[nH]c(N)nc21.CC#CC1(O)[C@@H](O)[C@@H]([C@@H](C)O)O[C@H]1n1cnc2c(=O)[nH]c(N)nc21.CC#CC1(O)[C@@H](O)[C@@H]([C@@H](C)O)O[C@H]1n1cnc2c(=S)nc(N)[nH]c21.CC#CC1(O)[C@@H](O)[C@@H]([C@@H](C)O)O[C@H]1n1cnc2cnc(N)nc21. The molecule has 0 radical (unpaired) electrons. The highest BCUT2D eigenvalue weighted by Crippen LogP contribution is 2.46. The first-order valence-electron chi connectivity index (χ1n) is 36.2. The zero-order valence-electron chi connectivity index (χ0n) is 65.0. The standard InChI is InChI=1S/C15H17FN4O5.C15H18N4O5.C14H17N5O5.C14H17N5O4S.C14H17N5O4/c1-3-4-15(24)10(22)9(6(2)21)25-13(15)20-5-7(16)8-11(20)18-14(17)19-12(8)23;1-3-5-15(23)10(21)9(7(2)20)24-13(15)19-6-4-8-11(19)17-14(16)18-12(8)22;1-3-4-14(23)9(21)8(6(2)20)24-12(14)19-5-16-7-10(19)17-13(15)18-11(7)22;1-3-4-14(22)9(21)8(6(2)20)23-12(14)19-5-16-7-10(19)17-13(15)18-11(7)24;1-3-4-14(22)10(21)9(7(2)20)23-12(14)19-6-17-8-5-16-13(15)18-11(8)19/h5-6,9-10,13,21-22,24H,1-2H3,(H3,17,18,19,23);4,6-7,9-10,13,20-21,23H,1-2H3,(H3,16,17,18,22);5-6,8-9,12,20-21,23H,1-2H3,(H3,15,17,18,22);5-6,8-9,12,20-22H,1-2H3,(H3,15,17,18,24);5-7,9-10,12,20-22H,1-2H3,(H2,15,16,18)/t6-,9-,10+,13-,15?;7-,9-,10+,13-,15?;2*6-,8-,9+,12-,14?;7-,9-,10+,12-,14?/m11111/s1. The number of H-pyrrole nitrogens is 4. The molecular formula is C72H86FN23O23S. The topological polar surface area (TPSA) is 735 Å². The molecular weight excluding hydrogens is 1610 g/mol. The van der Waals surface area contributed by atoms with E-state index in [9.17, 15) is 95.4 Å². The Kier molecular flexibility index (Phi) is 25.5. The minimum Gasteiger partial charge on any atom is -0.391 e. The number of aromatic nitrogens is 18. The number of fused-ring (bicyclic) bond motifs is 5. The van der Waals surface area contributed by atoms with Crippen molar-refractivity contribution in [2.75, 3.05) is 28.7 Å². The second kappa shape index (κ2) is 34.3. The van der Waals surface area contributed by atoms with Crippen LogP contribution in [0.25, 0.3) is 55.6 Å². The van der Waals surface area contributed by atoms with E-state index in [1.165, 1.54) is 125 Å². The molecule has 10 aromatic heterocycles. The molecule has 5 aliphatic rings. The first kappa shape index (κ1) is 89.2. The molecule has 48 heteroatoms. The molecule has 15 rings (SSSR count). The molecule has 0 amide bonds. The van der Waals surface area contributed by atoms with Crippen molar-refractivity contribution in [1.82, 2.24) is 87.6 Å². The summed E-state index contributed by atoms with van der Waals surface area (Å²) in [5, 5.41) is 155. The number of nitrogens with zero attached hydrogens (tertiary/aromatic N) is 14. The van der Waals surface area contributed by atoms with Crippen LogP contribution in [-0.4, -0.2) is 284 Å². The summed E-state index contributed by atoms with van der Waals surface area (Å²) < 4.78 is 49.1. The Balaban J connectivity index is 0.000000147. The van der Waals surface area contributed by atoms with E-state index < -0.39 is 173 Å². The molecule has 46 nitrogen and oxygen atoms in total. The summed E-state index contributed by atoms with van der Waals surface area (Å²) in [7, 11) is 0. The van der Waals surface area contributed by atoms with Crippen LogP contribution in [0.1, 0.15) is 100 Å². The van der Waals surface area contributed by atoms with Crippen molar-refractivity contribution in [2.45, 2.75) is 220 Å². The van der Waals surface area contributed by atoms with Gasteiger partial charge in [0.1, 0.15) is 83.1 Å². The highest BCUT2D eigenvalue weighted by molar-refractivity contribution is 7.71. The molecule has 0 bridgehead atoms.